The van der Waals surface area contributed by atoms with E-state index in [1.165, 1.54) is 18.3 Å². The minimum Gasteiger partial charge on any atom is -0.454 e. The highest BCUT2D eigenvalue weighted by Crippen LogP contribution is 2.32. The van der Waals surface area contributed by atoms with Gasteiger partial charge in [-0.05, 0) is 31.0 Å². The van der Waals surface area contributed by atoms with Gasteiger partial charge in [-0.15, -0.1) is 0 Å². The minimum absolute atomic E-state index is 0.0108. The van der Waals surface area contributed by atoms with Crippen LogP contribution in [0.15, 0.2) is 59.1 Å². The number of ether oxygens (including phenoxy) is 1. The number of para-hydroxylation sites is 2. The van der Waals surface area contributed by atoms with Gasteiger partial charge in [-0.1, -0.05) is 12.1 Å². The highest BCUT2D eigenvalue weighted by molar-refractivity contribution is 5.93. The van der Waals surface area contributed by atoms with Crippen LogP contribution in [0.1, 0.15) is 18.7 Å². The molecule has 0 unspecified atom stereocenters. The Balaban J connectivity index is 1.26. The fourth-order valence-electron chi connectivity index (χ4n) is 3.27. The number of carbonyl (C=O) groups is 2. The molecule has 2 amide bonds. The zero-order chi connectivity index (χ0) is 23.7. The van der Waals surface area contributed by atoms with Crippen LogP contribution in [-0.2, 0) is 16.0 Å². The molecule has 0 atom stereocenters. The molecule has 10 heteroatoms. The molecule has 0 saturated heterocycles. The number of oxazole rings is 1. The monoisotopic (exact) mass is 464 g/mol. The van der Waals surface area contributed by atoms with Crippen molar-refractivity contribution in [2.24, 2.45) is 5.92 Å². The molecule has 0 aliphatic heterocycles. The van der Waals surface area contributed by atoms with Crippen molar-refractivity contribution in [1.29, 1.82) is 0 Å². The van der Waals surface area contributed by atoms with Crippen LogP contribution in [0.25, 0.3) is 11.1 Å². The standard InChI is InChI=1S/C24H18F2N4O4/c25-15-11-20(33-14-7-8-27-21(9-14)30-24(32)13-5-6-13)16(26)10-18(15)28-22(31)12-23-29-17-3-1-2-4-19(17)34-23/h1-4,7-11,13H,5-6,12H2,(H,28,31)(H,27,30,32). The number of aromatic nitrogens is 2. The number of hydrogen-bond donors (Lipinski definition) is 2. The van der Waals surface area contributed by atoms with Crippen molar-refractivity contribution in [2.45, 2.75) is 19.3 Å². The Morgan fingerprint density at radius 1 is 1.06 bits per heavy atom. The first-order valence-corrected chi connectivity index (χ1v) is 10.5. The summed E-state index contributed by atoms with van der Waals surface area (Å²) in [6.45, 7) is 0. The smallest absolute Gasteiger partial charge is 0.233 e. The molecule has 2 aromatic carbocycles. The molecule has 1 aliphatic carbocycles. The molecule has 172 valence electrons. The number of amides is 2. The van der Waals surface area contributed by atoms with Crippen molar-refractivity contribution in [3.05, 3.63) is 72.3 Å². The molecule has 5 rings (SSSR count). The lowest BCUT2D eigenvalue weighted by Crippen LogP contribution is -2.16. The van der Waals surface area contributed by atoms with Crippen molar-refractivity contribution in [1.82, 2.24) is 9.97 Å². The summed E-state index contributed by atoms with van der Waals surface area (Å²) in [7, 11) is 0. The predicted octanol–water partition coefficient (Wildman–Crippen LogP) is 4.82. The Morgan fingerprint density at radius 2 is 1.88 bits per heavy atom. The van der Waals surface area contributed by atoms with Gasteiger partial charge < -0.3 is 19.8 Å². The first kappa shape index (κ1) is 21.5. The Bertz CT molecular complexity index is 1370. The maximum absolute atomic E-state index is 14.6. The SMILES string of the molecule is O=C(Cc1nc2ccccc2o1)Nc1cc(F)c(Oc2ccnc(NC(=O)C3CC3)c2)cc1F. The molecule has 2 aromatic heterocycles. The summed E-state index contributed by atoms with van der Waals surface area (Å²) in [5.41, 5.74) is 0.767. The lowest BCUT2D eigenvalue weighted by Gasteiger charge is -2.11. The second-order valence-corrected chi connectivity index (χ2v) is 7.81. The highest BCUT2D eigenvalue weighted by atomic mass is 19.1. The van der Waals surface area contributed by atoms with Crippen LogP contribution < -0.4 is 15.4 Å². The van der Waals surface area contributed by atoms with Gasteiger partial charge in [0, 0.05) is 30.3 Å². The molecular formula is C24H18F2N4O4. The zero-order valence-electron chi connectivity index (χ0n) is 17.7. The summed E-state index contributed by atoms with van der Waals surface area (Å²) in [5, 5.41) is 4.97. The number of hydrogen-bond acceptors (Lipinski definition) is 6. The quantitative estimate of drug-likeness (QED) is 0.406. The zero-order valence-corrected chi connectivity index (χ0v) is 17.7. The molecule has 2 heterocycles. The van der Waals surface area contributed by atoms with Crippen molar-refractivity contribution < 1.29 is 27.5 Å². The van der Waals surface area contributed by atoms with E-state index in [2.05, 4.69) is 20.6 Å². The fraction of sp³-hybridized carbons (Fsp3) is 0.167. The normalized spacial score (nSPS) is 13.0. The molecule has 34 heavy (non-hydrogen) atoms. The van der Waals surface area contributed by atoms with Crippen molar-refractivity contribution in [3.8, 4) is 11.5 Å². The maximum atomic E-state index is 14.6. The van der Waals surface area contributed by atoms with Crippen LogP contribution >= 0.6 is 0 Å². The highest BCUT2D eigenvalue weighted by Gasteiger charge is 2.29. The number of halogens is 2. The largest absolute Gasteiger partial charge is 0.454 e. The van der Waals surface area contributed by atoms with Crippen LogP contribution in [0.4, 0.5) is 20.3 Å². The second-order valence-electron chi connectivity index (χ2n) is 7.81. The molecule has 2 N–H and O–H groups in total. The second kappa shape index (κ2) is 8.89. The predicted molar refractivity (Wildman–Crippen MR) is 118 cm³/mol. The van der Waals surface area contributed by atoms with Gasteiger partial charge >= 0.3 is 0 Å². The summed E-state index contributed by atoms with van der Waals surface area (Å²) in [6, 6.07) is 11.5. The van der Waals surface area contributed by atoms with Crippen molar-refractivity contribution >= 4 is 34.4 Å². The van der Waals surface area contributed by atoms with E-state index >= 15 is 0 Å². The Kier molecular flexibility index (Phi) is 5.62. The average Bonchev–Trinajstić information content (AvgIpc) is 3.57. The third-order valence-electron chi connectivity index (χ3n) is 5.10. The molecule has 0 radical (unpaired) electrons. The lowest BCUT2D eigenvalue weighted by atomic mass is 10.2. The fourth-order valence-corrected chi connectivity index (χ4v) is 3.27. The number of anilines is 2. The topological polar surface area (TPSA) is 106 Å². The molecule has 1 fully saturated rings. The van der Waals surface area contributed by atoms with Crippen LogP contribution in [0.3, 0.4) is 0 Å². The van der Waals surface area contributed by atoms with Gasteiger partial charge in [-0.3, -0.25) is 9.59 Å². The molecular weight excluding hydrogens is 446 g/mol. The molecule has 1 aliphatic rings. The van der Waals surface area contributed by atoms with Gasteiger partial charge in [-0.2, -0.15) is 0 Å². The average molecular weight is 464 g/mol. The van der Waals surface area contributed by atoms with Gasteiger partial charge in [-0.25, -0.2) is 18.7 Å². The van der Waals surface area contributed by atoms with Crippen molar-refractivity contribution in [2.75, 3.05) is 10.6 Å². The summed E-state index contributed by atoms with van der Waals surface area (Å²) in [6.07, 6.45) is 2.81. The van der Waals surface area contributed by atoms with Crippen LogP contribution in [0.2, 0.25) is 0 Å². The molecule has 0 spiro atoms. The lowest BCUT2D eigenvalue weighted by molar-refractivity contribution is -0.117. The van der Waals surface area contributed by atoms with E-state index in [4.69, 9.17) is 9.15 Å². The van der Waals surface area contributed by atoms with Gasteiger partial charge in [0.2, 0.25) is 17.7 Å². The van der Waals surface area contributed by atoms with Crippen LogP contribution in [0, 0.1) is 17.6 Å². The van der Waals surface area contributed by atoms with E-state index in [1.807, 2.05) is 0 Å². The number of fused-ring (bicyclic) bond motifs is 1. The summed E-state index contributed by atoms with van der Waals surface area (Å²) >= 11 is 0. The Labute approximate surface area is 192 Å². The van der Waals surface area contributed by atoms with E-state index in [0.717, 1.165) is 25.0 Å². The van der Waals surface area contributed by atoms with E-state index < -0.39 is 17.5 Å². The summed E-state index contributed by atoms with van der Waals surface area (Å²) in [4.78, 5) is 32.4. The number of nitrogens with one attached hydrogen (secondary N) is 2. The summed E-state index contributed by atoms with van der Waals surface area (Å²) in [5.74, 6) is -2.38. The minimum atomic E-state index is -0.890. The number of rotatable bonds is 7. The van der Waals surface area contributed by atoms with Gasteiger partial charge in [0.05, 0.1) is 5.69 Å². The molecule has 8 nitrogen and oxygen atoms in total. The van der Waals surface area contributed by atoms with Gasteiger partial charge in [0.15, 0.2) is 23.0 Å². The third-order valence-corrected chi connectivity index (χ3v) is 5.10. The van der Waals surface area contributed by atoms with Crippen LogP contribution in [0.5, 0.6) is 11.5 Å². The van der Waals surface area contributed by atoms with E-state index in [9.17, 15) is 18.4 Å². The third kappa shape index (κ3) is 4.85. The van der Waals surface area contributed by atoms with E-state index in [0.29, 0.717) is 11.1 Å². The number of nitrogens with zero attached hydrogens (tertiary/aromatic N) is 2. The maximum Gasteiger partial charge on any atom is 0.233 e. The van der Waals surface area contributed by atoms with Gasteiger partial charge in [0.25, 0.3) is 0 Å². The number of carbonyl (C=O) groups excluding carboxylic acids is 2. The Hall–Kier alpha value is -4.34. The van der Waals surface area contributed by atoms with Crippen molar-refractivity contribution in [3.63, 3.8) is 0 Å². The first-order chi connectivity index (χ1) is 16.4. The van der Waals surface area contributed by atoms with Crippen LogP contribution in [-0.4, -0.2) is 21.8 Å². The summed E-state index contributed by atoms with van der Waals surface area (Å²) < 4.78 is 40.1. The Morgan fingerprint density at radius 3 is 2.68 bits per heavy atom. The number of pyridine rings is 1. The van der Waals surface area contributed by atoms with E-state index in [-0.39, 0.29) is 47.1 Å². The molecule has 1 saturated carbocycles. The van der Waals surface area contributed by atoms with E-state index in [1.54, 1.807) is 24.3 Å². The number of benzene rings is 2. The first-order valence-electron chi connectivity index (χ1n) is 10.5. The molecule has 0 bridgehead atoms. The van der Waals surface area contributed by atoms with Gasteiger partial charge in [0.1, 0.15) is 23.5 Å². The molecule has 4 aromatic rings.